The predicted octanol–water partition coefficient (Wildman–Crippen LogP) is 3.10. The molecular weight excluding hydrogens is 242 g/mol. The van der Waals surface area contributed by atoms with E-state index in [2.05, 4.69) is 22.2 Å². The number of ether oxygens (including phenoxy) is 2. The number of benzene rings is 1. The highest BCUT2D eigenvalue weighted by Gasteiger charge is 2.06. The lowest BCUT2D eigenvalue weighted by atomic mass is 10.3. The van der Waals surface area contributed by atoms with E-state index in [0.717, 1.165) is 13.0 Å². The summed E-state index contributed by atoms with van der Waals surface area (Å²) < 4.78 is 10.9. The van der Waals surface area contributed by atoms with Gasteiger partial charge in [-0.15, -0.1) is 0 Å². The second kappa shape index (κ2) is 6.58. The van der Waals surface area contributed by atoms with Crippen LogP contribution in [0.1, 0.15) is 13.3 Å². The zero-order chi connectivity index (χ0) is 13.5. The summed E-state index contributed by atoms with van der Waals surface area (Å²) in [6, 6.07) is 9.16. The molecule has 1 N–H and O–H groups in total. The van der Waals surface area contributed by atoms with Crippen LogP contribution in [0.25, 0.3) is 0 Å². The molecule has 0 bridgehead atoms. The van der Waals surface area contributed by atoms with Gasteiger partial charge in [0.1, 0.15) is 0 Å². The number of anilines is 1. The van der Waals surface area contributed by atoms with Crippen molar-refractivity contribution in [2.24, 2.45) is 0 Å². The van der Waals surface area contributed by atoms with Gasteiger partial charge in [-0.1, -0.05) is 19.1 Å². The number of para-hydroxylation sites is 2. The van der Waals surface area contributed by atoms with Crippen LogP contribution >= 0.6 is 0 Å². The van der Waals surface area contributed by atoms with Crippen molar-refractivity contribution in [2.75, 3.05) is 19.0 Å². The highest BCUT2D eigenvalue weighted by atomic mass is 16.5. The van der Waals surface area contributed by atoms with Crippen LogP contribution in [0.4, 0.5) is 5.95 Å². The summed E-state index contributed by atoms with van der Waals surface area (Å²) in [6.07, 6.45) is 2.68. The van der Waals surface area contributed by atoms with Crippen molar-refractivity contribution < 1.29 is 9.47 Å². The minimum absolute atomic E-state index is 0.484. The molecule has 0 radical (unpaired) electrons. The van der Waals surface area contributed by atoms with Gasteiger partial charge in [0.15, 0.2) is 11.5 Å². The third-order valence-electron chi connectivity index (χ3n) is 2.45. The molecule has 0 amide bonds. The quantitative estimate of drug-likeness (QED) is 0.863. The van der Waals surface area contributed by atoms with Crippen molar-refractivity contribution in [1.82, 2.24) is 9.97 Å². The fourth-order valence-corrected chi connectivity index (χ4v) is 1.54. The Morgan fingerprint density at radius 2 is 1.95 bits per heavy atom. The molecule has 0 aliphatic carbocycles. The fourth-order valence-electron chi connectivity index (χ4n) is 1.54. The molecule has 2 aromatic rings. The van der Waals surface area contributed by atoms with Crippen molar-refractivity contribution in [3.63, 3.8) is 0 Å². The molecule has 0 saturated carbocycles. The summed E-state index contributed by atoms with van der Waals surface area (Å²) in [5.41, 5.74) is 0. The highest BCUT2D eigenvalue weighted by molar-refractivity contribution is 5.42. The van der Waals surface area contributed by atoms with Gasteiger partial charge in [0.05, 0.1) is 7.11 Å². The van der Waals surface area contributed by atoms with Gasteiger partial charge in [-0.3, -0.25) is 0 Å². The first-order chi connectivity index (χ1) is 9.33. The first kappa shape index (κ1) is 13.1. The molecule has 0 spiro atoms. The molecule has 0 fully saturated rings. The largest absolute Gasteiger partial charge is 0.493 e. The van der Waals surface area contributed by atoms with E-state index in [4.69, 9.17) is 9.47 Å². The first-order valence-corrected chi connectivity index (χ1v) is 6.21. The minimum Gasteiger partial charge on any atom is -0.493 e. The molecule has 0 atom stereocenters. The molecule has 2 rings (SSSR count). The second-order valence-electron chi connectivity index (χ2n) is 3.90. The third-order valence-corrected chi connectivity index (χ3v) is 2.45. The van der Waals surface area contributed by atoms with Crippen LogP contribution in [0.5, 0.6) is 17.4 Å². The Labute approximate surface area is 112 Å². The van der Waals surface area contributed by atoms with Gasteiger partial charge in [-0.2, -0.15) is 4.98 Å². The molecule has 1 aromatic carbocycles. The van der Waals surface area contributed by atoms with E-state index in [1.54, 1.807) is 19.4 Å². The second-order valence-corrected chi connectivity index (χ2v) is 3.90. The molecule has 5 nitrogen and oxygen atoms in total. The number of aromatic nitrogens is 2. The fraction of sp³-hybridized carbons (Fsp3) is 0.286. The van der Waals surface area contributed by atoms with Crippen LogP contribution in [0, 0.1) is 0 Å². The molecule has 0 unspecified atom stereocenters. The summed E-state index contributed by atoms with van der Waals surface area (Å²) in [6.45, 7) is 2.92. The molecule has 5 heteroatoms. The first-order valence-electron chi connectivity index (χ1n) is 6.21. The van der Waals surface area contributed by atoms with Crippen LogP contribution in [0.15, 0.2) is 36.5 Å². The van der Waals surface area contributed by atoms with Crippen molar-refractivity contribution >= 4 is 5.95 Å². The molecule has 0 saturated heterocycles. The van der Waals surface area contributed by atoms with Crippen LogP contribution < -0.4 is 14.8 Å². The normalized spacial score (nSPS) is 10.0. The third kappa shape index (κ3) is 3.58. The maximum Gasteiger partial charge on any atom is 0.225 e. The van der Waals surface area contributed by atoms with Crippen molar-refractivity contribution in [1.29, 1.82) is 0 Å². The molecular formula is C14H17N3O2. The summed E-state index contributed by atoms with van der Waals surface area (Å²) >= 11 is 0. The van der Waals surface area contributed by atoms with Crippen molar-refractivity contribution in [2.45, 2.75) is 13.3 Å². The van der Waals surface area contributed by atoms with Crippen LogP contribution in [0.3, 0.4) is 0 Å². The van der Waals surface area contributed by atoms with E-state index >= 15 is 0 Å². The molecule has 100 valence electrons. The number of rotatable bonds is 6. The van der Waals surface area contributed by atoms with Crippen LogP contribution in [0.2, 0.25) is 0 Å². The van der Waals surface area contributed by atoms with Gasteiger partial charge < -0.3 is 14.8 Å². The monoisotopic (exact) mass is 259 g/mol. The average Bonchev–Trinajstić information content (AvgIpc) is 2.46. The lowest BCUT2D eigenvalue weighted by Crippen LogP contribution is -2.04. The number of hydrogen-bond donors (Lipinski definition) is 1. The lowest BCUT2D eigenvalue weighted by Gasteiger charge is -2.10. The minimum atomic E-state index is 0.484. The van der Waals surface area contributed by atoms with Gasteiger partial charge in [-0.25, -0.2) is 4.98 Å². The van der Waals surface area contributed by atoms with Crippen molar-refractivity contribution in [3.05, 3.63) is 36.5 Å². The van der Waals surface area contributed by atoms with Gasteiger partial charge in [0, 0.05) is 18.8 Å². The SMILES string of the molecule is CCCNc1nccc(Oc2ccccc2OC)n1. The lowest BCUT2D eigenvalue weighted by molar-refractivity contribution is 0.374. The molecule has 0 aliphatic heterocycles. The highest BCUT2D eigenvalue weighted by Crippen LogP contribution is 2.29. The molecule has 1 aromatic heterocycles. The standard InChI is InChI=1S/C14H17N3O2/c1-3-9-15-14-16-10-8-13(17-14)19-12-7-5-4-6-11(12)18-2/h4-8,10H,3,9H2,1-2H3,(H,15,16,17). The van der Waals surface area contributed by atoms with E-state index in [-0.39, 0.29) is 0 Å². The molecule has 0 aliphatic rings. The van der Waals surface area contributed by atoms with Crippen LogP contribution in [-0.2, 0) is 0 Å². The molecule has 1 heterocycles. The zero-order valence-electron chi connectivity index (χ0n) is 11.1. The van der Waals surface area contributed by atoms with Gasteiger partial charge in [-0.05, 0) is 18.6 Å². The molecule has 19 heavy (non-hydrogen) atoms. The van der Waals surface area contributed by atoms with E-state index < -0.39 is 0 Å². The Balaban J connectivity index is 2.14. The van der Waals surface area contributed by atoms with Crippen molar-refractivity contribution in [3.8, 4) is 17.4 Å². The smallest absolute Gasteiger partial charge is 0.225 e. The van der Waals surface area contributed by atoms with E-state index in [1.165, 1.54) is 0 Å². The Morgan fingerprint density at radius 1 is 1.16 bits per heavy atom. The predicted molar refractivity (Wildman–Crippen MR) is 73.9 cm³/mol. The van der Waals surface area contributed by atoms with E-state index in [1.807, 2.05) is 24.3 Å². The Bertz CT molecular complexity index is 532. The number of nitrogens with one attached hydrogen (secondary N) is 1. The topological polar surface area (TPSA) is 56.3 Å². The van der Waals surface area contributed by atoms with Gasteiger partial charge in [0.25, 0.3) is 0 Å². The zero-order valence-corrected chi connectivity index (χ0v) is 11.1. The maximum absolute atomic E-state index is 5.70. The van der Waals surface area contributed by atoms with E-state index in [9.17, 15) is 0 Å². The Kier molecular flexibility index (Phi) is 4.55. The summed E-state index contributed by atoms with van der Waals surface area (Å²) in [4.78, 5) is 8.41. The summed E-state index contributed by atoms with van der Waals surface area (Å²) in [5, 5.41) is 3.12. The van der Waals surface area contributed by atoms with Crippen LogP contribution in [-0.4, -0.2) is 23.6 Å². The van der Waals surface area contributed by atoms with Gasteiger partial charge >= 0.3 is 0 Å². The summed E-state index contributed by atoms with van der Waals surface area (Å²) in [7, 11) is 1.61. The number of nitrogens with zero attached hydrogens (tertiary/aromatic N) is 2. The Hall–Kier alpha value is -2.30. The van der Waals surface area contributed by atoms with Gasteiger partial charge in [0.2, 0.25) is 11.8 Å². The number of methoxy groups -OCH3 is 1. The Morgan fingerprint density at radius 3 is 2.68 bits per heavy atom. The maximum atomic E-state index is 5.70. The van der Waals surface area contributed by atoms with E-state index in [0.29, 0.717) is 23.3 Å². The number of hydrogen-bond acceptors (Lipinski definition) is 5. The summed E-state index contributed by atoms with van der Waals surface area (Å²) in [5.74, 6) is 2.35. The average molecular weight is 259 g/mol.